The van der Waals surface area contributed by atoms with Crippen LogP contribution in [-0.2, 0) is 28.4 Å². The zero-order valence-electron chi connectivity index (χ0n) is 14.8. The number of sulfonamides is 1. The van der Waals surface area contributed by atoms with Gasteiger partial charge in [0.05, 0.1) is 29.5 Å². The molecule has 0 fully saturated rings. The molecule has 27 heavy (non-hydrogen) atoms. The predicted octanol–water partition coefficient (Wildman–Crippen LogP) is 1.75. The molecule has 3 aromatic rings. The maximum absolute atomic E-state index is 12.5. The molecule has 8 nitrogen and oxygen atoms in total. The summed E-state index contributed by atoms with van der Waals surface area (Å²) in [5.74, 6) is -0.525. The van der Waals surface area contributed by atoms with Crippen LogP contribution in [0.2, 0.25) is 0 Å². The van der Waals surface area contributed by atoms with E-state index < -0.39 is 16.0 Å². The van der Waals surface area contributed by atoms with E-state index in [0.717, 1.165) is 11.1 Å². The molecular weight excluding hydrogens is 368 g/mol. The second-order valence-electron chi connectivity index (χ2n) is 5.75. The summed E-state index contributed by atoms with van der Waals surface area (Å²) in [6.45, 7) is 0.0686. The smallest absolute Gasteiger partial charge is 0.337 e. The van der Waals surface area contributed by atoms with Gasteiger partial charge in [0.15, 0.2) is 0 Å². The minimum Gasteiger partial charge on any atom is -0.465 e. The van der Waals surface area contributed by atoms with Crippen molar-refractivity contribution in [2.45, 2.75) is 11.4 Å². The molecular formula is C18H18N4O4S. The van der Waals surface area contributed by atoms with Gasteiger partial charge in [-0.3, -0.25) is 9.67 Å². The Labute approximate surface area is 156 Å². The van der Waals surface area contributed by atoms with Crippen LogP contribution in [0, 0.1) is 0 Å². The van der Waals surface area contributed by atoms with E-state index >= 15 is 0 Å². The summed E-state index contributed by atoms with van der Waals surface area (Å²) in [7, 11) is -0.688. The molecule has 0 aliphatic carbocycles. The predicted molar refractivity (Wildman–Crippen MR) is 98.2 cm³/mol. The molecule has 140 valence electrons. The topological polar surface area (TPSA) is 103 Å². The third kappa shape index (κ3) is 4.21. The van der Waals surface area contributed by atoms with E-state index in [0.29, 0.717) is 5.69 Å². The molecule has 0 atom stereocenters. The van der Waals surface area contributed by atoms with Crippen LogP contribution in [0.25, 0.3) is 11.3 Å². The number of carbonyl (C=O) groups excluding carboxylic acids is 1. The van der Waals surface area contributed by atoms with E-state index in [9.17, 15) is 13.2 Å². The molecule has 0 amide bonds. The fourth-order valence-electron chi connectivity index (χ4n) is 2.53. The first-order valence-corrected chi connectivity index (χ1v) is 9.50. The van der Waals surface area contributed by atoms with E-state index in [1.165, 1.54) is 31.4 Å². The van der Waals surface area contributed by atoms with E-state index in [2.05, 4.69) is 19.5 Å². The van der Waals surface area contributed by atoms with Crippen molar-refractivity contribution < 1.29 is 17.9 Å². The molecule has 0 saturated heterocycles. The van der Waals surface area contributed by atoms with Crippen LogP contribution in [0.3, 0.4) is 0 Å². The van der Waals surface area contributed by atoms with Gasteiger partial charge in [0, 0.05) is 31.5 Å². The van der Waals surface area contributed by atoms with Gasteiger partial charge in [0.1, 0.15) is 0 Å². The van der Waals surface area contributed by atoms with E-state index in [4.69, 9.17) is 0 Å². The van der Waals surface area contributed by atoms with Gasteiger partial charge in [-0.15, -0.1) is 0 Å². The largest absolute Gasteiger partial charge is 0.465 e. The number of hydrogen-bond donors (Lipinski definition) is 1. The first kappa shape index (κ1) is 18.7. The average Bonchev–Trinajstić information content (AvgIpc) is 3.12. The number of rotatable bonds is 6. The van der Waals surface area contributed by atoms with Gasteiger partial charge in [-0.05, 0) is 35.9 Å². The van der Waals surface area contributed by atoms with Crippen LogP contribution in [0.5, 0.6) is 0 Å². The number of hydrogen-bond acceptors (Lipinski definition) is 6. The van der Waals surface area contributed by atoms with E-state index in [1.807, 2.05) is 6.20 Å². The van der Waals surface area contributed by atoms with Gasteiger partial charge in [-0.2, -0.15) is 5.10 Å². The lowest BCUT2D eigenvalue weighted by atomic mass is 10.1. The summed E-state index contributed by atoms with van der Waals surface area (Å²) in [5, 5.41) is 4.12. The fraction of sp³-hybridized carbons (Fsp3) is 0.167. The SMILES string of the molecule is COC(=O)c1ccc(S(=O)(=O)NCc2cccnc2-c2cnn(C)c2)cc1. The minimum atomic E-state index is -3.75. The normalized spacial score (nSPS) is 11.3. The fourth-order valence-corrected chi connectivity index (χ4v) is 3.54. The maximum Gasteiger partial charge on any atom is 0.337 e. The van der Waals surface area contributed by atoms with Crippen molar-refractivity contribution in [1.29, 1.82) is 0 Å². The first-order chi connectivity index (χ1) is 12.9. The van der Waals surface area contributed by atoms with E-state index in [1.54, 1.807) is 36.3 Å². The summed E-state index contributed by atoms with van der Waals surface area (Å²) in [6, 6.07) is 9.09. The molecule has 9 heteroatoms. The van der Waals surface area contributed by atoms with Crippen molar-refractivity contribution in [3.8, 4) is 11.3 Å². The Balaban J connectivity index is 1.79. The molecule has 0 unspecified atom stereocenters. The number of aryl methyl sites for hydroxylation is 1. The molecule has 0 bridgehead atoms. The lowest BCUT2D eigenvalue weighted by Gasteiger charge is -2.10. The molecule has 2 aromatic heterocycles. The van der Waals surface area contributed by atoms with Gasteiger partial charge in [-0.1, -0.05) is 6.07 Å². The summed E-state index contributed by atoms with van der Waals surface area (Å²) in [5.41, 5.74) is 2.46. The number of esters is 1. The summed E-state index contributed by atoms with van der Waals surface area (Å²) in [6.07, 6.45) is 5.13. The van der Waals surface area contributed by atoms with Crippen molar-refractivity contribution in [3.05, 3.63) is 66.1 Å². The summed E-state index contributed by atoms with van der Waals surface area (Å²) in [4.78, 5) is 15.9. The molecule has 0 saturated carbocycles. The molecule has 2 heterocycles. The summed E-state index contributed by atoms with van der Waals surface area (Å²) < 4.78 is 33.9. The zero-order valence-corrected chi connectivity index (χ0v) is 15.6. The quantitative estimate of drug-likeness (QED) is 0.648. The Morgan fingerprint density at radius 1 is 1.22 bits per heavy atom. The standard InChI is InChI=1S/C18H18N4O4S/c1-22-12-15(10-20-22)17-14(4-3-9-19-17)11-21-27(24,25)16-7-5-13(6-8-16)18(23)26-2/h3-10,12,21H,11H2,1-2H3. The molecule has 0 spiro atoms. The summed E-state index contributed by atoms with van der Waals surface area (Å²) >= 11 is 0. The number of nitrogens with one attached hydrogen (secondary N) is 1. The number of methoxy groups -OCH3 is 1. The highest BCUT2D eigenvalue weighted by Gasteiger charge is 2.17. The Morgan fingerprint density at radius 2 is 1.96 bits per heavy atom. The lowest BCUT2D eigenvalue weighted by molar-refractivity contribution is 0.0600. The Bertz CT molecular complexity index is 1060. The second-order valence-corrected chi connectivity index (χ2v) is 7.52. The van der Waals surface area contributed by atoms with Crippen LogP contribution in [0.1, 0.15) is 15.9 Å². The highest BCUT2D eigenvalue weighted by molar-refractivity contribution is 7.89. The van der Waals surface area contributed by atoms with Crippen molar-refractivity contribution in [1.82, 2.24) is 19.5 Å². The van der Waals surface area contributed by atoms with Gasteiger partial charge >= 0.3 is 5.97 Å². The molecule has 0 aliphatic rings. The molecule has 1 aromatic carbocycles. The van der Waals surface area contributed by atoms with Crippen molar-refractivity contribution in [3.63, 3.8) is 0 Å². The highest BCUT2D eigenvalue weighted by atomic mass is 32.2. The van der Waals surface area contributed by atoms with Gasteiger partial charge in [-0.25, -0.2) is 17.9 Å². The Kier molecular flexibility index (Phi) is 5.33. The van der Waals surface area contributed by atoms with Crippen LogP contribution < -0.4 is 4.72 Å². The maximum atomic E-state index is 12.5. The van der Waals surface area contributed by atoms with Gasteiger partial charge in [0.25, 0.3) is 0 Å². The molecule has 3 rings (SSSR count). The number of benzene rings is 1. The molecule has 0 aliphatic heterocycles. The lowest BCUT2D eigenvalue weighted by Crippen LogP contribution is -2.23. The minimum absolute atomic E-state index is 0.0574. The van der Waals surface area contributed by atoms with Crippen molar-refractivity contribution in [2.75, 3.05) is 7.11 Å². The second kappa shape index (κ2) is 7.68. The third-order valence-electron chi connectivity index (χ3n) is 3.91. The molecule has 1 N–H and O–H groups in total. The van der Waals surface area contributed by atoms with Crippen LogP contribution in [0.15, 0.2) is 59.9 Å². The first-order valence-electron chi connectivity index (χ1n) is 8.01. The third-order valence-corrected chi connectivity index (χ3v) is 5.33. The highest BCUT2D eigenvalue weighted by Crippen LogP contribution is 2.21. The Morgan fingerprint density at radius 3 is 2.59 bits per heavy atom. The average molecular weight is 386 g/mol. The van der Waals surface area contributed by atoms with Crippen molar-refractivity contribution >= 4 is 16.0 Å². The van der Waals surface area contributed by atoms with E-state index in [-0.39, 0.29) is 17.0 Å². The number of aromatic nitrogens is 3. The van der Waals surface area contributed by atoms with Crippen LogP contribution in [0.4, 0.5) is 0 Å². The van der Waals surface area contributed by atoms with Crippen molar-refractivity contribution in [2.24, 2.45) is 7.05 Å². The van der Waals surface area contributed by atoms with Crippen LogP contribution in [-0.4, -0.2) is 36.3 Å². The number of nitrogens with zero attached hydrogens (tertiary/aromatic N) is 3. The van der Waals surface area contributed by atoms with Crippen LogP contribution >= 0.6 is 0 Å². The number of ether oxygens (including phenoxy) is 1. The molecule has 0 radical (unpaired) electrons. The van der Waals surface area contributed by atoms with Gasteiger partial charge < -0.3 is 4.74 Å². The Hall–Kier alpha value is -3.04. The number of carbonyl (C=O) groups is 1. The van der Waals surface area contributed by atoms with Gasteiger partial charge in [0.2, 0.25) is 10.0 Å². The zero-order chi connectivity index (χ0) is 19.4. The monoisotopic (exact) mass is 386 g/mol. The number of pyridine rings is 1.